The van der Waals surface area contributed by atoms with Crippen LogP contribution in [0.5, 0.6) is 0 Å². The maximum atomic E-state index is 8.86. The summed E-state index contributed by atoms with van der Waals surface area (Å²) < 4.78 is 0. The number of hydrogen-bond acceptors (Lipinski definition) is 2. The van der Waals surface area contributed by atoms with E-state index < -0.39 is 0 Å². The summed E-state index contributed by atoms with van der Waals surface area (Å²) in [5.41, 5.74) is -0.195. The fraction of sp³-hybridized carbons (Fsp3) is 1.00. The summed E-state index contributed by atoms with van der Waals surface area (Å²) in [5, 5.41) is 8.86. The Morgan fingerprint density at radius 2 is 2.00 bits per heavy atom. The SMILES string of the molecule is CCC(C)CSC(C)O. The largest absolute Gasteiger partial charge is 0.383 e. The Hall–Kier alpha value is 0.310. The summed E-state index contributed by atoms with van der Waals surface area (Å²) in [6, 6.07) is 0. The fourth-order valence-electron chi connectivity index (χ4n) is 0.421. The molecule has 1 nitrogen and oxygen atoms in total. The summed E-state index contributed by atoms with van der Waals surface area (Å²) in [6.07, 6.45) is 1.21. The zero-order valence-corrected chi connectivity index (χ0v) is 7.24. The molecule has 56 valence electrons. The van der Waals surface area contributed by atoms with Crippen molar-refractivity contribution >= 4 is 11.8 Å². The molecule has 0 saturated carbocycles. The Morgan fingerprint density at radius 1 is 1.44 bits per heavy atom. The van der Waals surface area contributed by atoms with Crippen LogP contribution in [-0.2, 0) is 0 Å². The van der Waals surface area contributed by atoms with Gasteiger partial charge in [-0.05, 0) is 18.6 Å². The third-order valence-electron chi connectivity index (χ3n) is 1.32. The van der Waals surface area contributed by atoms with Gasteiger partial charge in [-0.25, -0.2) is 0 Å². The van der Waals surface area contributed by atoms with Crippen molar-refractivity contribution < 1.29 is 5.11 Å². The van der Waals surface area contributed by atoms with E-state index in [1.54, 1.807) is 11.8 Å². The van der Waals surface area contributed by atoms with Gasteiger partial charge in [-0.15, -0.1) is 11.8 Å². The van der Waals surface area contributed by atoms with E-state index in [1.165, 1.54) is 6.42 Å². The Balaban J connectivity index is 3.06. The van der Waals surface area contributed by atoms with Crippen LogP contribution in [0.4, 0.5) is 0 Å². The average Bonchev–Trinajstić information content (AvgIpc) is 1.83. The molecule has 0 fully saturated rings. The van der Waals surface area contributed by atoms with Crippen molar-refractivity contribution in [3.8, 4) is 0 Å². The highest BCUT2D eigenvalue weighted by molar-refractivity contribution is 7.99. The molecule has 0 bridgehead atoms. The van der Waals surface area contributed by atoms with Gasteiger partial charge in [0, 0.05) is 0 Å². The van der Waals surface area contributed by atoms with Gasteiger partial charge in [0.05, 0.1) is 5.44 Å². The number of thioether (sulfide) groups is 1. The van der Waals surface area contributed by atoms with Crippen molar-refractivity contribution in [2.24, 2.45) is 5.92 Å². The molecule has 0 aromatic heterocycles. The molecule has 0 aromatic rings. The molecule has 0 aliphatic rings. The van der Waals surface area contributed by atoms with E-state index in [9.17, 15) is 0 Å². The van der Waals surface area contributed by atoms with E-state index >= 15 is 0 Å². The molecule has 2 atom stereocenters. The van der Waals surface area contributed by atoms with Crippen LogP contribution in [-0.4, -0.2) is 16.3 Å². The molecule has 0 aliphatic carbocycles. The Bertz CT molecular complexity index is 63.9. The Kier molecular flexibility index (Phi) is 5.30. The van der Waals surface area contributed by atoms with Crippen LogP contribution in [0.3, 0.4) is 0 Å². The summed E-state index contributed by atoms with van der Waals surface area (Å²) in [5.74, 6) is 1.82. The molecule has 0 rings (SSSR count). The number of hydrogen-bond donors (Lipinski definition) is 1. The first-order valence-corrected chi connectivity index (χ1v) is 4.51. The monoisotopic (exact) mass is 148 g/mol. The highest BCUT2D eigenvalue weighted by Crippen LogP contribution is 2.14. The number of aliphatic hydroxyl groups excluding tert-OH is 1. The van der Waals surface area contributed by atoms with Gasteiger partial charge < -0.3 is 5.11 Å². The summed E-state index contributed by atoms with van der Waals surface area (Å²) in [7, 11) is 0. The molecule has 2 heteroatoms. The number of aliphatic hydroxyl groups is 1. The summed E-state index contributed by atoms with van der Waals surface area (Å²) in [6.45, 7) is 6.19. The first-order chi connectivity index (χ1) is 4.16. The van der Waals surface area contributed by atoms with Crippen molar-refractivity contribution in [3.63, 3.8) is 0 Å². The van der Waals surface area contributed by atoms with Gasteiger partial charge in [-0.1, -0.05) is 20.3 Å². The van der Waals surface area contributed by atoms with Crippen LogP contribution in [0, 0.1) is 5.92 Å². The second-order valence-corrected chi connectivity index (χ2v) is 3.79. The lowest BCUT2D eigenvalue weighted by molar-refractivity contribution is 0.283. The molecule has 1 N–H and O–H groups in total. The maximum Gasteiger partial charge on any atom is 0.0964 e. The van der Waals surface area contributed by atoms with E-state index in [0.29, 0.717) is 0 Å². The lowest BCUT2D eigenvalue weighted by Crippen LogP contribution is -2.01. The zero-order chi connectivity index (χ0) is 7.28. The topological polar surface area (TPSA) is 20.2 Å². The van der Waals surface area contributed by atoms with Gasteiger partial charge in [-0.2, -0.15) is 0 Å². The predicted octanol–water partition coefficient (Wildman–Crippen LogP) is 2.10. The zero-order valence-electron chi connectivity index (χ0n) is 6.42. The third-order valence-corrected chi connectivity index (χ3v) is 2.56. The van der Waals surface area contributed by atoms with Crippen LogP contribution in [0.1, 0.15) is 27.2 Å². The van der Waals surface area contributed by atoms with E-state index in [1.807, 2.05) is 6.92 Å². The minimum atomic E-state index is -0.195. The fourth-order valence-corrected chi connectivity index (χ4v) is 1.26. The van der Waals surface area contributed by atoms with Gasteiger partial charge in [0.25, 0.3) is 0 Å². The van der Waals surface area contributed by atoms with Crippen molar-refractivity contribution in [2.45, 2.75) is 32.6 Å². The molecular formula is C7H16OS. The van der Waals surface area contributed by atoms with Gasteiger partial charge in [0.15, 0.2) is 0 Å². The molecule has 0 amide bonds. The van der Waals surface area contributed by atoms with Gasteiger partial charge in [0.2, 0.25) is 0 Å². The van der Waals surface area contributed by atoms with Crippen LogP contribution < -0.4 is 0 Å². The van der Waals surface area contributed by atoms with E-state index in [-0.39, 0.29) is 5.44 Å². The quantitative estimate of drug-likeness (QED) is 0.616. The minimum Gasteiger partial charge on any atom is -0.383 e. The first kappa shape index (κ1) is 9.31. The summed E-state index contributed by atoms with van der Waals surface area (Å²) in [4.78, 5) is 0. The highest BCUT2D eigenvalue weighted by atomic mass is 32.2. The van der Waals surface area contributed by atoms with Crippen LogP contribution in [0.15, 0.2) is 0 Å². The maximum absolute atomic E-state index is 8.86. The first-order valence-electron chi connectivity index (χ1n) is 3.46. The lowest BCUT2D eigenvalue weighted by Gasteiger charge is -2.08. The predicted molar refractivity (Wildman–Crippen MR) is 43.6 cm³/mol. The van der Waals surface area contributed by atoms with Gasteiger partial charge >= 0.3 is 0 Å². The number of rotatable bonds is 4. The van der Waals surface area contributed by atoms with Crippen molar-refractivity contribution in [2.75, 3.05) is 5.75 Å². The Labute approximate surface area is 61.8 Å². The molecule has 0 heterocycles. The molecule has 0 aliphatic heterocycles. The molecule has 0 spiro atoms. The third kappa shape index (κ3) is 6.19. The standard InChI is InChI=1S/C7H16OS/c1-4-6(2)5-9-7(3)8/h6-8H,4-5H2,1-3H3. The molecule has 9 heavy (non-hydrogen) atoms. The van der Waals surface area contributed by atoms with Crippen LogP contribution >= 0.6 is 11.8 Å². The van der Waals surface area contributed by atoms with Crippen LogP contribution in [0.2, 0.25) is 0 Å². The van der Waals surface area contributed by atoms with E-state index in [0.717, 1.165) is 11.7 Å². The normalized spacial score (nSPS) is 17.3. The van der Waals surface area contributed by atoms with E-state index in [2.05, 4.69) is 13.8 Å². The molecule has 0 radical (unpaired) electrons. The van der Waals surface area contributed by atoms with Gasteiger partial charge in [-0.3, -0.25) is 0 Å². The second kappa shape index (κ2) is 5.12. The molecule has 2 unspecified atom stereocenters. The Morgan fingerprint density at radius 3 is 2.33 bits per heavy atom. The second-order valence-electron chi connectivity index (χ2n) is 2.45. The van der Waals surface area contributed by atoms with Crippen molar-refractivity contribution in [1.29, 1.82) is 0 Å². The molecular weight excluding hydrogens is 132 g/mol. The average molecular weight is 148 g/mol. The summed E-state index contributed by atoms with van der Waals surface area (Å²) >= 11 is 1.62. The van der Waals surface area contributed by atoms with Crippen molar-refractivity contribution in [1.82, 2.24) is 0 Å². The molecule has 0 aromatic carbocycles. The van der Waals surface area contributed by atoms with Crippen LogP contribution in [0.25, 0.3) is 0 Å². The smallest absolute Gasteiger partial charge is 0.0964 e. The minimum absolute atomic E-state index is 0.195. The molecule has 0 saturated heterocycles. The highest BCUT2D eigenvalue weighted by Gasteiger charge is 2.00. The van der Waals surface area contributed by atoms with Gasteiger partial charge in [0.1, 0.15) is 0 Å². The van der Waals surface area contributed by atoms with Crippen molar-refractivity contribution in [3.05, 3.63) is 0 Å². The van der Waals surface area contributed by atoms with E-state index in [4.69, 9.17) is 5.11 Å². The lowest BCUT2D eigenvalue weighted by atomic mass is 10.2.